The molecule has 5 rings (SSSR count). The Balaban J connectivity index is 1.45. The molecule has 4 aromatic rings. The molecule has 262 valence electrons. The van der Waals surface area contributed by atoms with E-state index in [2.05, 4.69) is 17.4 Å². The summed E-state index contributed by atoms with van der Waals surface area (Å²) >= 11 is 0. The van der Waals surface area contributed by atoms with E-state index >= 15 is 0 Å². The Morgan fingerprint density at radius 2 is 1.48 bits per heavy atom. The minimum atomic E-state index is -5.02. The van der Waals surface area contributed by atoms with Gasteiger partial charge < -0.3 is 14.6 Å². The fourth-order valence-corrected chi connectivity index (χ4v) is 5.47. The van der Waals surface area contributed by atoms with Gasteiger partial charge in [0, 0.05) is 31.6 Å². The number of benzene rings is 4. The largest absolute Gasteiger partial charge is 0.494 e. The third-order valence-corrected chi connectivity index (χ3v) is 7.95. The van der Waals surface area contributed by atoms with Gasteiger partial charge in [-0.1, -0.05) is 60.7 Å². The standard InChI is InChI=1S/C37H33F6N3O4/c1-2-17-35(34(48)46-44-23-24-20-29(36(38,39)40)22-30(21-24)37(41,42)43)32(27-11-9-26(10-12-27)25-7-4-3-5-8-25)50-33(45-35)28-13-15-31(16-14-28)49-19-6-18-47/h2-5,7-16,20-22,32,44,47H,1,6,17-19,23H2,(H,46,48)/t32-,35-/m0/s1. The first-order valence-corrected chi connectivity index (χ1v) is 15.5. The third kappa shape index (κ3) is 8.35. The second kappa shape index (κ2) is 15.2. The summed E-state index contributed by atoms with van der Waals surface area (Å²) in [6, 6.07) is 24.9. The number of aliphatic hydroxyl groups excluding tert-OH is 1. The van der Waals surface area contributed by atoms with Gasteiger partial charge in [-0.2, -0.15) is 26.3 Å². The Kier molecular flexibility index (Phi) is 11.0. The molecule has 13 heteroatoms. The van der Waals surface area contributed by atoms with Gasteiger partial charge in [0.1, 0.15) is 5.75 Å². The lowest BCUT2D eigenvalue weighted by atomic mass is 9.84. The number of hydrogen-bond acceptors (Lipinski definition) is 6. The van der Waals surface area contributed by atoms with Gasteiger partial charge in [-0.25, -0.2) is 10.4 Å². The van der Waals surface area contributed by atoms with Crippen molar-refractivity contribution < 1.29 is 45.7 Å². The number of aliphatic imine (C=N–C) groups is 1. The monoisotopic (exact) mass is 697 g/mol. The summed E-state index contributed by atoms with van der Waals surface area (Å²) in [7, 11) is 0. The van der Waals surface area contributed by atoms with Crippen molar-refractivity contribution in [3.63, 3.8) is 0 Å². The highest BCUT2D eigenvalue weighted by molar-refractivity contribution is 6.01. The van der Waals surface area contributed by atoms with E-state index < -0.39 is 47.6 Å². The molecule has 1 aliphatic heterocycles. The van der Waals surface area contributed by atoms with Crippen molar-refractivity contribution in [2.75, 3.05) is 13.2 Å². The van der Waals surface area contributed by atoms with Crippen LogP contribution < -0.4 is 15.6 Å². The van der Waals surface area contributed by atoms with Crippen LogP contribution in [0.3, 0.4) is 0 Å². The normalized spacial score (nSPS) is 17.5. The Bertz CT molecular complexity index is 1780. The van der Waals surface area contributed by atoms with E-state index in [0.717, 1.165) is 11.1 Å². The molecule has 0 aromatic heterocycles. The van der Waals surface area contributed by atoms with E-state index in [1.54, 1.807) is 36.4 Å². The van der Waals surface area contributed by atoms with Crippen LogP contribution in [0, 0.1) is 0 Å². The van der Waals surface area contributed by atoms with Crippen LogP contribution in [-0.4, -0.2) is 35.7 Å². The Labute approximate surface area is 284 Å². The minimum Gasteiger partial charge on any atom is -0.494 e. The highest BCUT2D eigenvalue weighted by Gasteiger charge is 2.52. The molecular formula is C37H33F6N3O4. The number of nitrogens with one attached hydrogen (secondary N) is 2. The van der Waals surface area contributed by atoms with Crippen LogP contribution in [0.25, 0.3) is 11.1 Å². The van der Waals surface area contributed by atoms with Gasteiger partial charge in [0.2, 0.25) is 5.90 Å². The van der Waals surface area contributed by atoms with Crippen molar-refractivity contribution in [1.29, 1.82) is 0 Å². The number of hydrazine groups is 1. The smallest absolute Gasteiger partial charge is 0.416 e. The zero-order valence-corrected chi connectivity index (χ0v) is 26.5. The van der Waals surface area contributed by atoms with Gasteiger partial charge in [-0.15, -0.1) is 6.58 Å². The van der Waals surface area contributed by atoms with Crippen molar-refractivity contribution in [2.24, 2.45) is 4.99 Å². The zero-order valence-electron chi connectivity index (χ0n) is 26.5. The van der Waals surface area contributed by atoms with E-state index in [1.165, 1.54) is 6.08 Å². The molecule has 50 heavy (non-hydrogen) atoms. The van der Waals surface area contributed by atoms with Gasteiger partial charge in [0.25, 0.3) is 5.91 Å². The quantitative estimate of drug-likeness (QED) is 0.0574. The Hall–Kier alpha value is -5.14. The van der Waals surface area contributed by atoms with Gasteiger partial charge in [-0.05, 0) is 64.7 Å². The lowest BCUT2D eigenvalue weighted by molar-refractivity contribution is -0.143. The van der Waals surface area contributed by atoms with Crippen LogP contribution in [0.2, 0.25) is 0 Å². The summed E-state index contributed by atoms with van der Waals surface area (Å²) in [5.41, 5.74) is 2.90. The Morgan fingerprint density at radius 3 is 2.06 bits per heavy atom. The number of carbonyl (C=O) groups is 1. The number of alkyl halides is 6. The van der Waals surface area contributed by atoms with Gasteiger partial charge in [0.15, 0.2) is 11.6 Å². The van der Waals surface area contributed by atoms with E-state index in [1.807, 2.05) is 42.5 Å². The zero-order chi connectivity index (χ0) is 35.9. The summed E-state index contributed by atoms with van der Waals surface area (Å²) in [6.07, 6.45) is -9.17. The SMILES string of the molecule is C=CC[C@]1(C(=O)NNCc2cc(C(F)(F)F)cc(C(F)(F)F)c2)N=C(c2ccc(OCCCO)cc2)O[C@H]1c1ccc(-c2ccccc2)cc1. The molecule has 0 unspecified atom stereocenters. The molecule has 2 atom stereocenters. The number of carbonyl (C=O) groups excluding carboxylic acids is 1. The molecule has 1 aliphatic rings. The maximum Gasteiger partial charge on any atom is 0.416 e. The lowest BCUT2D eigenvalue weighted by Crippen LogP contribution is -2.52. The molecule has 0 radical (unpaired) electrons. The lowest BCUT2D eigenvalue weighted by Gasteiger charge is -2.30. The molecule has 0 aliphatic carbocycles. The third-order valence-electron chi connectivity index (χ3n) is 7.95. The van der Waals surface area contributed by atoms with Gasteiger partial charge >= 0.3 is 12.4 Å². The van der Waals surface area contributed by atoms with Crippen LogP contribution in [0.4, 0.5) is 26.3 Å². The fourth-order valence-electron chi connectivity index (χ4n) is 5.47. The van der Waals surface area contributed by atoms with Crippen molar-refractivity contribution in [2.45, 2.75) is 43.4 Å². The number of halogens is 6. The summed E-state index contributed by atoms with van der Waals surface area (Å²) in [5.74, 6) is -0.0957. The van der Waals surface area contributed by atoms with E-state index in [0.29, 0.717) is 42.0 Å². The predicted octanol–water partition coefficient (Wildman–Crippen LogP) is 7.81. The summed E-state index contributed by atoms with van der Waals surface area (Å²) in [6.45, 7) is 3.53. The number of amides is 1. The summed E-state index contributed by atoms with van der Waals surface area (Å²) in [5, 5.41) is 9.02. The highest BCUT2D eigenvalue weighted by atomic mass is 19.4. The van der Waals surface area contributed by atoms with Gasteiger partial charge in [0.05, 0.1) is 17.7 Å². The first kappa shape index (κ1) is 36.1. The maximum atomic E-state index is 14.0. The van der Waals surface area contributed by atoms with Crippen LogP contribution in [0.1, 0.15) is 46.8 Å². The fraction of sp³-hybridized carbons (Fsp3) is 0.243. The average Bonchev–Trinajstić information content (AvgIpc) is 3.49. The molecule has 0 fully saturated rings. The number of rotatable bonds is 13. The molecule has 0 bridgehead atoms. The molecule has 0 saturated heterocycles. The molecule has 3 N–H and O–H groups in total. The number of nitrogens with zero attached hydrogens (tertiary/aromatic N) is 1. The second-order valence-electron chi connectivity index (χ2n) is 11.5. The number of hydrogen-bond donors (Lipinski definition) is 3. The minimum absolute atomic E-state index is 0.0205. The molecule has 1 amide bonds. The van der Waals surface area contributed by atoms with Crippen LogP contribution in [-0.2, 0) is 28.4 Å². The maximum absolute atomic E-state index is 14.0. The molecule has 0 spiro atoms. The van der Waals surface area contributed by atoms with Crippen molar-refractivity contribution in [1.82, 2.24) is 10.9 Å². The molecule has 1 heterocycles. The summed E-state index contributed by atoms with van der Waals surface area (Å²) in [4.78, 5) is 18.8. The predicted molar refractivity (Wildman–Crippen MR) is 175 cm³/mol. The number of aliphatic hydroxyl groups is 1. The van der Waals surface area contributed by atoms with E-state index in [9.17, 15) is 31.1 Å². The van der Waals surface area contributed by atoms with E-state index in [4.69, 9.17) is 19.6 Å². The number of ether oxygens (including phenoxy) is 2. The first-order chi connectivity index (χ1) is 23.8. The second-order valence-corrected chi connectivity index (χ2v) is 11.5. The highest BCUT2D eigenvalue weighted by Crippen LogP contribution is 2.43. The van der Waals surface area contributed by atoms with Crippen LogP contribution in [0.5, 0.6) is 5.75 Å². The molecule has 4 aromatic carbocycles. The Morgan fingerprint density at radius 1 is 0.880 bits per heavy atom. The molecule has 7 nitrogen and oxygen atoms in total. The van der Waals surface area contributed by atoms with Crippen molar-refractivity contribution in [3.05, 3.63) is 138 Å². The van der Waals surface area contributed by atoms with Crippen molar-refractivity contribution in [3.8, 4) is 16.9 Å². The van der Waals surface area contributed by atoms with E-state index in [-0.39, 0.29) is 30.6 Å². The molecular weight excluding hydrogens is 664 g/mol. The van der Waals surface area contributed by atoms with Crippen LogP contribution >= 0.6 is 0 Å². The van der Waals surface area contributed by atoms with Gasteiger partial charge in [-0.3, -0.25) is 10.2 Å². The topological polar surface area (TPSA) is 92.2 Å². The average molecular weight is 698 g/mol. The summed E-state index contributed by atoms with van der Waals surface area (Å²) < 4.78 is 92.4. The first-order valence-electron chi connectivity index (χ1n) is 15.5. The van der Waals surface area contributed by atoms with Crippen molar-refractivity contribution >= 4 is 11.8 Å². The van der Waals surface area contributed by atoms with Crippen LogP contribution in [0.15, 0.2) is 115 Å². The molecule has 0 saturated carbocycles.